The molecular weight excluding hydrogens is 336 g/mol. The minimum absolute atomic E-state index is 0.242. The Morgan fingerprint density at radius 2 is 2.12 bits per heavy atom. The van der Waals surface area contributed by atoms with Crippen LogP contribution in [0.15, 0.2) is 55.2 Å². The summed E-state index contributed by atoms with van der Waals surface area (Å²) < 4.78 is 6.19. The van der Waals surface area contributed by atoms with Crippen LogP contribution in [0.5, 0.6) is 0 Å². The van der Waals surface area contributed by atoms with Gasteiger partial charge in [-0.1, -0.05) is 12.1 Å². The molecule has 0 fully saturated rings. The normalized spacial score (nSPS) is 10.2. The third kappa shape index (κ3) is 4.01. The molecule has 2 amide bonds. The van der Waals surface area contributed by atoms with Gasteiger partial charge in [0, 0.05) is 24.0 Å². The van der Waals surface area contributed by atoms with Crippen LogP contribution < -0.4 is 10.6 Å². The minimum Gasteiger partial charge on any atom is -0.465 e. The van der Waals surface area contributed by atoms with Gasteiger partial charge in [-0.05, 0) is 24.3 Å². The molecule has 0 unspecified atom stereocenters. The van der Waals surface area contributed by atoms with Gasteiger partial charge in [0.1, 0.15) is 12.7 Å². The summed E-state index contributed by atoms with van der Waals surface area (Å²) in [6, 6.07) is 9.67. The lowest BCUT2D eigenvalue weighted by Gasteiger charge is -2.11. The Balaban J connectivity index is 1.65. The van der Waals surface area contributed by atoms with Crippen LogP contribution in [0.1, 0.15) is 15.9 Å². The van der Waals surface area contributed by atoms with Crippen molar-refractivity contribution < 1.29 is 14.3 Å². The summed E-state index contributed by atoms with van der Waals surface area (Å²) in [5.41, 5.74) is 1.61. The molecule has 0 aliphatic rings. The van der Waals surface area contributed by atoms with Crippen molar-refractivity contribution in [3.63, 3.8) is 0 Å². The lowest BCUT2D eigenvalue weighted by Crippen LogP contribution is -2.28. The van der Waals surface area contributed by atoms with Crippen molar-refractivity contribution in [2.24, 2.45) is 0 Å². The Kier molecular flexibility index (Phi) is 5.18. The van der Waals surface area contributed by atoms with E-state index in [0.29, 0.717) is 17.1 Å². The Bertz CT molecular complexity index is 910. The van der Waals surface area contributed by atoms with Crippen LogP contribution in [0.4, 0.5) is 10.5 Å². The van der Waals surface area contributed by atoms with E-state index in [1.165, 1.54) is 30.5 Å². The Morgan fingerprint density at radius 3 is 2.88 bits per heavy atom. The number of pyridine rings is 1. The first-order valence-corrected chi connectivity index (χ1v) is 7.69. The number of ether oxygens (including phenoxy) is 1. The molecule has 9 nitrogen and oxygen atoms in total. The van der Waals surface area contributed by atoms with Gasteiger partial charge in [-0.2, -0.15) is 5.10 Å². The molecule has 3 rings (SSSR count). The molecule has 0 aliphatic carbocycles. The van der Waals surface area contributed by atoms with Crippen LogP contribution in [0, 0.1) is 0 Å². The molecule has 9 heteroatoms. The molecule has 0 atom stereocenters. The summed E-state index contributed by atoms with van der Waals surface area (Å²) in [6.45, 7) is 0.242. The van der Waals surface area contributed by atoms with E-state index in [1.54, 1.807) is 30.5 Å². The van der Waals surface area contributed by atoms with Crippen LogP contribution in [0.3, 0.4) is 0 Å². The number of nitrogens with zero attached hydrogens (tertiary/aromatic N) is 4. The maximum Gasteiger partial charge on any atom is 0.337 e. The highest BCUT2D eigenvalue weighted by Crippen LogP contribution is 2.12. The molecule has 132 valence electrons. The molecule has 3 aromatic rings. The van der Waals surface area contributed by atoms with Gasteiger partial charge in [0.15, 0.2) is 5.82 Å². The van der Waals surface area contributed by atoms with Crippen molar-refractivity contribution in [2.45, 2.75) is 6.54 Å². The van der Waals surface area contributed by atoms with E-state index in [2.05, 4.69) is 30.4 Å². The van der Waals surface area contributed by atoms with Gasteiger partial charge in [0.2, 0.25) is 0 Å². The van der Waals surface area contributed by atoms with E-state index in [1.807, 2.05) is 6.07 Å². The molecule has 26 heavy (non-hydrogen) atoms. The zero-order valence-corrected chi connectivity index (χ0v) is 13.9. The fourth-order valence-electron chi connectivity index (χ4n) is 2.28. The number of carbonyl (C=O) groups is 2. The van der Waals surface area contributed by atoms with Crippen LogP contribution in [-0.4, -0.2) is 38.9 Å². The van der Waals surface area contributed by atoms with Crippen LogP contribution in [0.2, 0.25) is 0 Å². The van der Waals surface area contributed by atoms with Gasteiger partial charge in [0.05, 0.1) is 12.7 Å². The van der Waals surface area contributed by atoms with Crippen LogP contribution in [-0.2, 0) is 11.3 Å². The first-order chi connectivity index (χ1) is 12.7. The standard InChI is InChI=1S/C17H16N6O3/c1-26-16(24)12-4-2-6-14(8-12)22-17(25)20-9-13-5-3-7-19-15(13)23-11-18-10-21-23/h2-8,10-11H,9H2,1H3,(H2,20,22,25). The molecule has 0 spiro atoms. The van der Waals surface area contributed by atoms with Crippen molar-refractivity contribution >= 4 is 17.7 Å². The van der Waals surface area contributed by atoms with Crippen molar-refractivity contribution in [1.29, 1.82) is 0 Å². The highest BCUT2D eigenvalue weighted by atomic mass is 16.5. The van der Waals surface area contributed by atoms with E-state index in [-0.39, 0.29) is 6.54 Å². The third-order valence-corrected chi connectivity index (χ3v) is 3.48. The molecule has 2 heterocycles. The Hall–Kier alpha value is -3.75. The SMILES string of the molecule is COC(=O)c1cccc(NC(=O)NCc2cccnc2-n2cncn2)c1. The smallest absolute Gasteiger partial charge is 0.337 e. The minimum atomic E-state index is -0.470. The molecule has 2 aromatic heterocycles. The summed E-state index contributed by atoms with van der Waals surface area (Å²) in [7, 11) is 1.30. The molecule has 1 aromatic carbocycles. The number of esters is 1. The van der Waals surface area contributed by atoms with Crippen molar-refractivity contribution in [3.8, 4) is 5.82 Å². The fourth-order valence-corrected chi connectivity index (χ4v) is 2.28. The second kappa shape index (κ2) is 7.88. The fraction of sp³-hybridized carbons (Fsp3) is 0.118. The molecule has 0 saturated heterocycles. The first kappa shape index (κ1) is 17.1. The number of methoxy groups -OCH3 is 1. The number of hydrogen-bond donors (Lipinski definition) is 2. The van der Waals surface area contributed by atoms with Gasteiger partial charge < -0.3 is 15.4 Å². The number of urea groups is 1. The quantitative estimate of drug-likeness (QED) is 0.677. The van der Waals surface area contributed by atoms with Gasteiger partial charge in [-0.25, -0.2) is 24.2 Å². The second-order valence-corrected chi connectivity index (χ2v) is 5.21. The van der Waals surface area contributed by atoms with E-state index in [0.717, 1.165) is 5.56 Å². The number of aromatic nitrogens is 4. The number of hydrogen-bond acceptors (Lipinski definition) is 6. The van der Waals surface area contributed by atoms with Gasteiger partial charge >= 0.3 is 12.0 Å². The van der Waals surface area contributed by atoms with Gasteiger partial charge in [-0.15, -0.1) is 0 Å². The number of nitrogens with one attached hydrogen (secondary N) is 2. The Morgan fingerprint density at radius 1 is 1.23 bits per heavy atom. The average Bonchev–Trinajstić information content (AvgIpc) is 3.21. The predicted molar refractivity (Wildman–Crippen MR) is 92.8 cm³/mol. The molecule has 2 N–H and O–H groups in total. The summed E-state index contributed by atoms with van der Waals surface area (Å²) in [5, 5.41) is 9.46. The second-order valence-electron chi connectivity index (χ2n) is 5.21. The topological polar surface area (TPSA) is 111 Å². The zero-order chi connectivity index (χ0) is 18.4. The largest absolute Gasteiger partial charge is 0.465 e. The highest BCUT2D eigenvalue weighted by Gasteiger charge is 2.10. The zero-order valence-electron chi connectivity index (χ0n) is 13.9. The number of carbonyl (C=O) groups excluding carboxylic acids is 2. The molecule has 0 saturated carbocycles. The molecular formula is C17H16N6O3. The third-order valence-electron chi connectivity index (χ3n) is 3.48. The maximum absolute atomic E-state index is 12.1. The Labute approximate surface area is 149 Å². The van der Waals surface area contributed by atoms with Crippen molar-refractivity contribution in [3.05, 3.63) is 66.4 Å². The lowest BCUT2D eigenvalue weighted by atomic mass is 10.2. The number of amides is 2. The number of benzene rings is 1. The van der Waals surface area contributed by atoms with Crippen molar-refractivity contribution in [1.82, 2.24) is 25.1 Å². The molecule has 0 aliphatic heterocycles. The molecule has 0 bridgehead atoms. The van der Waals surface area contributed by atoms with E-state index in [4.69, 9.17) is 0 Å². The van der Waals surface area contributed by atoms with E-state index < -0.39 is 12.0 Å². The van der Waals surface area contributed by atoms with Crippen LogP contribution in [0.25, 0.3) is 5.82 Å². The van der Waals surface area contributed by atoms with Gasteiger partial charge in [-0.3, -0.25) is 0 Å². The first-order valence-electron chi connectivity index (χ1n) is 7.69. The summed E-state index contributed by atoms with van der Waals surface area (Å²) in [6.07, 6.45) is 4.58. The number of anilines is 1. The summed E-state index contributed by atoms with van der Waals surface area (Å²) >= 11 is 0. The highest BCUT2D eigenvalue weighted by molar-refractivity contribution is 5.93. The predicted octanol–water partition coefficient (Wildman–Crippen LogP) is 1.77. The summed E-state index contributed by atoms with van der Waals surface area (Å²) in [4.78, 5) is 31.8. The van der Waals surface area contributed by atoms with Crippen LogP contribution >= 0.6 is 0 Å². The lowest BCUT2D eigenvalue weighted by molar-refractivity contribution is 0.0600. The van der Waals surface area contributed by atoms with E-state index in [9.17, 15) is 9.59 Å². The monoisotopic (exact) mass is 352 g/mol. The van der Waals surface area contributed by atoms with E-state index >= 15 is 0 Å². The maximum atomic E-state index is 12.1. The average molecular weight is 352 g/mol. The van der Waals surface area contributed by atoms with Crippen molar-refractivity contribution in [2.75, 3.05) is 12.4 Å². The van der Waals surface area contributed by atoms with Gasteiger partial charge in [0.25, 0.3) is 0 Å². The molecule has 0 radical (unpaired) electrons. The number of rotatable bonds is 5. The summed E-state index contributed by atoms with van der Waals surface area (Å²) in [5.74, 6) is 0.111.